The molecular formula is C19H24O3. The predicted molar refractivity (Wildman–Crippen MR) is 83.0 cm³/mol. The zero-order valence-electron chi connectivity index (χ0n) is 13.3. The molecule has 0 aromatic heterocycles. The number of Topliss-reactive ketones (excluding diaryl/α,β-unsaturated/α-hetero) is 1. The number of aliphatic hydroxyl groups excluding tert-OH is 1. The summed E-state index contributed by atoms with van der Waals surface area (Å²) in [6.07, 6.45) is 9.14. The van der Waals surface area contributed by atoms with Gasteiger partial charge in [0.15, 0.2) is 5.78 Å². The lowest BCUT2D eigenvalue weighted by molar-refractivity contribution is -0.142. The molecule has 0 aliphatic heterocycles. The van der Waals surface area contributed by atoms with Gasteiger partial charge in [-0.2, -0.15) is 0 Å². The Labute approximate surface area is 131 Å². The Morgan fingerprint density at radius 2 is 1.95 bits per heavy atom. The quantitative estimate of drug-likeness (QED) is 0.748. The minimum absolute atomic E-state index is 0.0668. The lowest BCUT2D eigenvalue weighted by atomic mass is 9.47. The van der Waals surface area contributed by atoms with Crippen LogP contribution in [-0.4, -0.2) is 22.8 Å². The first-order valence-corrected chi connectivity index (χ1v) is 8.52. The van der Waals surface area contributed by atoms with Crippen LogP contribution in [0.15, 0.2) is 23.8 Å². The average molecular weight is 300 g/mol. The van der Waals surface area contributed by atoms with Gasteiger partial charge >= 0.3 is 0 Å². The second-order valence-corrected chi connectivity index (χ2v) is 8.17. The summed E-state index contributed by atoms with van der Waals surface area (Å²) in [5.41, 5.74) is 0.628. The first-order valence-electron chi connectivity index (χ1n) is 8.52. The maximum absolute atomic E-state index is 12.4. The summed E-state index contributed by atoms with van der Waals surface area (Å²) in [7, 11) is 0. The molecule has 0 aromatic carbocycles. The molecule has 118 valence electrons. The van der Waals surface area contributed by atoms with Crippen LogP contribution in [0.5, 0.6) is 0 Å². The van der Waals surface area contributed by atoms with E-state index in [1.165, 1.54) is 5.57 Å². The van der Waals surface area contributed by atoms with Crippen LogP contribution >= 0.6 is 0 Å². The summed E-state index contributed by atoms with van der Waals surface area (Å²) in [4.78, 5) is 24.1. The molecule has 22 heavy (non-hydrogen) atoms. The topological polar surface area (TPSA) is 54.4 Å². The van der Waals surface area contributed by atoms with E-state index in [0.29, 0.717) is 30.5 Å². The van der Waals surface area contributed by atoms with E-state index < -0.39 is 6.10 Å². The van der Waals surface area contributed by atoms with E-state index in [4.69, 9.17) is 0 Å². The number of ketones is 2. The third-order valence-electron chi connectivity index (χ3n) is 7.21. The van der Waals surface area contributed by atoms with Crippen LogP contribution in [0.4, 0.5) is 0 Å². The Morgan fingerprint density at radius 3 is 2.73 bits per heavy atom. The Kier molecular flexibility index (Phi) is 2.88. The number of rotatable bonds is 0. The molecule has 4 aliphatic rings. The Hall–Kier alpha value is -1.22. The van der Waals surface area contributed by atoms with Gasteiger partial charge in [-0.25, -0.2) is 0 Å². The van der Waals surface area contributed by atoms with Crippen molar-refractivity contribution in [2.75, 3.05) is 0 Å². The van der Waals surface area contributed by atoms with Crippen LogP contribution in [0.2, 0.25) is 0 Å². The highest BCUT2D eigenvalue weighted by atomic mass is 16.3. The van der Waals surface area contributed by atoms with Crippen LogP contribution in [0.3, 0.4) is 0 Å². The van der Waals surface area contributed by atoms with Gasteiger partial charge in [-0.3, -0.25) is 9.59 Å². The average Bonchev–Trinajstić information content (AvgIpc) is 2.75. The smallest absolute Gasteiger partial charge is 0.178 e. The van der Waals surface area contributed by atoms with Crippen LogP contribution < -0.4 is 0 Å². The molecule has 0 amide bonds. The van der Waals surface area contributed by atoms with Crippen molar-refractivity contribution in [3.63, 3.8) is 0 Å². The molecule has 0 saturated heterocycles. The first kappa shape index (κ1) is 14.4. The van der Waals surface area contributed by atoms with E-state index in [0.717, 1.165) is 19.3 Å². The molecule has 0 bridgehead atoms. The summed E-state index contributed by atoms with van der Waals surface area (Å²) in [5, 5.41) is 10.9. The normalized spacial score (nSPS) is 50.2. The molecule has 0 unspecified atom stereocenters. The van der Waals surface area contributed by atoms with Crippen molar-refractivity contribution in [1.82, 2.24) is 0 Å². The van der Waals surface area contributed by atoms with Crippen LogP contribution in [0, 0.1) is 28.6 Å². The molecule has 3 fully saturated rings. The van der Waals surface area contributed by atoms with Crippen LogP contribution in [0.25, 0.3) is 0 Å². The maximum Gasteiger partial charge on any atom is 0.178 e. The maximum atomic E-state index is 12.4. The van der Waals surface area contributed by atoms with Gasteiger partial charge < -0.3 is 5.11 Å². The fourth-order valence-electron chi connectivity index (χ4n) is 6.10. The molecule has 1 N–H and O–H groups in total. The molecule has 4 rings (SSSR count). The molecule has 0 spiro atoms. The molecule has 0 aromatic rings. The standard InChI is InChI=1S/C19H24O3/c1-18-8-7-12(20)9-11(18)3-4-13-14-5-6-16(22)19(14,2)10-15(21)17(13)18/h7-9,13-15,17,21H,3-6,10H2,1-2H3/t13-,14-,15-,17+,18+,19-/m1/s1. The van der Waals surface area contributed by atoms with E-state index in [1.54, 1.807) is 12.2 Å². The summed E-state index contributed by atoms with van der Waals surface area (Å²) in [5.74, 6) is 1.34. The van der Waals surface area contributed by atoms with Gasteiger partial charge in [0.25, 0.3) is 0 Å². The predicted octanol–water partition coefficient (Wildman–Crippen LogP) is 2.83. The van der Waals surface area contributed by atoms with Crippen molar-refractivity contribution in [3.8, 4) is 0 Å². The number of carbonyl (C=O) groups is 2. The number of allylic oxidation sites excluding steroid dienone is 4. The Bertz CT molecular complexity index is 616. The second kappa shape index (κ2) is 4.41. The van der Waals surface area contributed by atoms with Gasteiger partial charge in [0, 0.05) is 23.2 Å². The molecule has 4 aliphatic carbocycles. The van der Waals surface area contributed by atoms with E-state index in [1.807, 2.05) is 6.08 Å². The molecular weight excluding hydrogens is 276 g/mol. The van der Waals surface area contributed by atoms with Gasteiger partial charge in [0.05, 0.1) is 6.10 Å². The van der Waals surface area contributed by atoms with E-state index in [9.17, 15) is 14.7 Å². The van der Waals surface area contributed by atoms with Crippen molar-refractivity contribution in [3.05, 3.63) is 23.8 Å². The van der Waals surface area contributed by atoms with Crippen molar-refractivity contribution in [1.29, 1.82) is 0 Å². The minimum Gasteiger partial charge on any atom is -0.393 e. The molecule has 3 heteroatoms. The lowest BCUT2D eigenvalue weighted by Crippen LogP contribution is -2.55. The SMILES string of the molecule is C[C@]12C=CC(=O)C=C1CC[C@H]1[C@H]2[C@H](O)C[C@@]2(C)C(=O)CC[C@H]12. The second-order valence-electron chi connectivity index (χ2n) is 8.17. The van der Waals surface area contributed by atoms with E-state index >= 15 is 0 Å². The molecule has 0 heterocycles. The highest BCUT2D eigenvalue weighted by molar-refractivity contribution is 6.01. The van der Waals surface area contributed by atoms with E-state index in [-0.39, 0.29) is 22.5 Å². The largest absolute Gasteiger partial charge is 0.393 e. The van der Waals surface area contributed by atoms with Crippen molar-refractivity contribution in [2.24, 2.45) is 28.6 Å². The van der Waals surface area contributed by atoms with Gasteiger partial charge in [0.1, 0.15) is 5.78 Å². The molecule has 3 saturated carbocycles. The monoisotopic (exact) mass is 300 g/mol. The number of carbonyl (C=O) groups excluding carboxylic acids is 2. The molecule has 3 nitrogen and oxygen atoms in total. The van der Waals surface area contributed by atoms with Crippen LogP contribution in [0.1, 0.15) is 46.0 Å². The van der Waals surface area contributed by atoms with Crippen molar-refractivity contribution >= 4 is 11.6 Å². The highest BCUT2D eigenvalue weighted by Crippen LogP contribution is 2.63. The number of fused-ring (bicyclic) bond motifs is 5. The number of hydrogen-bond donors (Lipinski definition) is 1. The lowest BCUT2D eigenvalue weighted by Gasteiger charge is -2.57. The Morgan fingerprint density at radius 1 is 1.18 bits per heavy atom. The van der Waals surface area contributed by atoms with Gasteiger partial charge in [-0.15, -0.1) is 0 Å². The summed E-state index contributed by atoms with van der Waals surface area (Å²) >= 11 is 0. The van der Waals surface area contributed by atoms with E-state index in [2.05, 4.69) is 13.8 Å². The number of aliphatic hydroxyl groups is 1. The summed E-state index contributed by atoms with van der Waals surface area (Å²) in [6, 6.07) is 0. The third kappa shape index (κ3) is 1.66. The highest BCUT2D eigenvalue weighted by Gasteiger charge is 2.61. The van der Waals surface area contributed by atoms with Crippen molar-refractivity contribution < 1.29 is 14.7 Å². The molecule has 6 atom stereocenters. The summed E-state index contributed by atoms with van der Waals surface area (Å²) in [6.45, 7) is 4.24. The van der Waals surface area contributed by atoms with Gasteiger partial charge in [-0.05, 0) is 49.7 Å². The van der Waals surface area contributed by atoms with Gasteiger partial charge in [-0.1, -0.05) is 25.5 Å². The fraction of sp³-hybridized carbons (Fsp3) is 0.684. The zero-order valence-corrected chi connectivity index (χ0v) is 13.3. The fourth-order valence-corrected chi connectivity index (χ4v) is 6.10. The molecule has 0 radical (unpaired) electrons. The first-order chi connectivity index (χ1) is 10.4. The zero-order chi connectivity index (χ0) is 15.7. The number of hydrogen-bond acceptors (Lipinski definition) is 3. The van der Waals surface area contributed by atoms with Crippen molar-refractivity contribution in [2.45, 2.75) is 52.1 Å². The minimum atomic E-state index is -0.458. The van der Waals surface area contributed by atoms with Gasteiger partial charge in [0.2, 0.25) is 0 Å². The van der Waals surface area contributed by atoms with Crippen LogP contribution in [-0.2, 0) is 9.59 Å². The summed E-state index contributed by atoms with van der Waals surface area (Å²) < 4.78 is 0. The Balaban J connectivity index is 1.77. The third-order valence-corrected chi connectivity index (χ3v) is 7.21.